The van der Waals surface area contributed by atoms with Gasteiger partial charge < -0.3 is 4.57 Å². The van der Waals surface area contributed by atoms with Crippen molar-refractivity contribution >= 4 is 0 Å². The van der Waals surface area contributed by atoms with Crippen LogP contribution in [0.3, 0.4) is 0 Å². The van der Waals surface area contributed by atoms with Gasteiger partial charge in [0.1, 0.15) is 0 Å². The summed E-state index contributed by atoms with van der Waals surface area (Å²) in [6.07, 6.45) is 6.38. The molecule has 2 heterocycles. The van der Waals surface area contributed by atoms with Gasteiger partial charge in [-0.05, 0) is 12.8 Å². The summed E-state index contributed by atoms with van der Waals surface area (Å²) in [5, 5.41) is 0. The van der Waals surface area contributed by atoms with Gasteiger partial charge >= 0.3 is 0 Å². The molecule has 8 heavy (non-hydrogen) atoms. The molecule has 0 aliphatic carbocycles. The van der Waals surface area contributed by atoms with Crippen LogP contribution in [0.25, 0.3) is 0 Å². The smallest absolute Gasteiger partial charge is 0.0948 e. The lowest BCUT2D eigenvalue weighted by Gasteiger charge is -1.88. The van der Waals surface area contributed by atoms with Crippen LogP contribution in [-0.4, -0.2) is 9.55 Å². The van der Waals surface area contributed by atoms with Crippen molar-refractivity contribution in [3.63, 3.8) is 0 Å². The predicted molar refractivity (Wildman–Crippen MR) is 30.5 cm³/mol. The maximum absolute atomic E-state index is 4.01. The zero-order valence-electron chi connectivity index (χ0n) is 4.67. The average molecular weight is 108 g/mol. The highest BCUT2D eigenvalue weighted by molar-refractivity contribution is 5.01. The molecule has 0 saturated carbocycles. The molecule has 0 unspecified atom stereocenters. The quantitative estimate of drug-likeness (QED) is 0.481. The normalized spacial score (nSPS) is 16.5. The molecule has 2 heteroatoms. The van der Waals surface area contributed by atoms with Crippen LogP contribution in [0.2, 0.25) is 0 Å². The van der Waals surface area contributed by atoms with E-state index in [0.717, 1.165) is 0 Å². The third kappa shape index (κ3) is 0.399. The van der Waals surface area contributed by atoms with Crippen LogP contribution in [0, 0.1) is 0 Å². The van der Waals surface area contributed by atoms with Gasteiger partial charge in [0.05, 0.1) is 6.33 Å². The lowest BCUT2D eigenvalue weighted by molar-refractivity contribution is 0.741. The van der Waals surface area contributed by atoms with Gasteiger partial charge in [0.15, 0.2) is 0 Å². The van der Waals surface area contributed by atoms with Gasteiger partial charge in [-0.2, -0.15) is 0 Å². The van der Waals surface area contributed by atoms with Crippen LogP contribution in [-0.2, 0) is 13.0 Å². The number of aromatic nitrogens is 2. The molecule has 0 aromatic carbocycles. The van der Waals surface area contributed by atoms with Gasteiger partial charge in [-0.1, -0.05) is 0 Å². The highest BCUT2D eigenvalue weighted by Gasteiger charge is 2.07. The maximum atomic E-state index is 4.01. The van der Waals surface area contributed by atoms with Crippen molar-refractivity contribution in [3.8, 4) is 0 Å². The minimum absolute atomic E-state index is 1.18. The monoisotopic (exact) mass is 108 g/mol. The minimum Gasteiger partial charge on any atom is -0.335 e. The third-order valence-corrected chi connectivity index (χ3v) is 1.63. The molecule has 2 nitrogen and oxygen atoms in total. The van der Waals surface area contributed by atoms with Gasteiger partial charge in [0.2, 0.25) is 0 Å². The Morgan fingerprint density at radius 3 is 3.50 bits per heavy atom. The van der Waals surface area contributed by atoms with Gasteiger partial charge in [0.25, 0.3) is 0 Å². The topological polar surface area (TPSA) is 17.8 Å². The Labute approximate surface area is 48.2 Å². The highest BCUT2D eigenvalue weighted by Crippen LogP contribution is 2.11. The largest absolute Gasteiger partial charge is 0.335 e. The average Bonchev–Trinajstić information content (AvgIpc) is 2.15. The van der Waals surface area contributed by atoms with Crippen molar-refractivity contribution in [2.45, 2.75) is 19.4 Å². The fourth-order valence-corrected chi connectivity index (χ4v) is 1.19. The molecule has 1 aliphatic rings. The second-order valence-electron chi connectivity index (χ2n) is 2.18. The Hall–Kier alpha value is -0.790. The fraction of sp³-hybridized carbons (Fsp3) is 0.500. The molecule has 0 N–H and O–H groups in total. The van der Waals surface area contributed by atoms with E-state index < -0.39 is 0 Å². The number of aryl methyl sites for hydroxylation is 2. The second-order valence-corrected chi connectivity index (χ2v) is 2.18. The summed E-state index contributed by atoms with van der Waals surface area (Å²) < 4.78 is 2.21. The molecule has 0 spiro atoms. The Kier molecular flexibility index (Phi) is 0.692. The summed E-state index contributed by atoms with van der Waals surface area (Å²) in [7, 11) is 0. The Morgan fingerprint density at radius 2 is 2.62 bits per heavy atom. The van der Waals surface area contributed by atoms with E-state index in [2.05, 4.69) is 9.55 Å². The number of fused-ring (bicyclic) bond motifs is 1. The Balaban J connectivity index is 2.54. The van der Waals surface area contributed by atoms with Crippen LogP contribution >= 0.6 is 0 Å². The molecule has 0 amide bonds. The van der Waals surface area contributed by atoms with Crippen molar-refractivity contribution in [1.82, 2.24) is 9.55 Å². The molecule has 0 atom stereocenters. The number of imidazole rings is 1. The molecule has 0 bridgehead atoms. The summed E-state index contributed by atoms with van der Waals surface area (Å²) in [6.45, 7) is 1.18. The molecule has 1 aromatic rings. The molecule has 0 saturated heterocycles. The van der Waals surface area contributed by atoms with Crippen LogP contribution in [0.1, 0.15) is 12.1 Å². The van der Waals surface area contributed by atoms with E-state index in [1.807, 2.05) is 12.5 Å². The van der Waals surface area contributed by atoms with Crippen molar-refractivity contribution in [2.24, 2.45) is 0 Å². The number of hydrogen-bond donors (Lipinski definition) is 0. The van der Waals surface area contributed by atoms with Crippen LogP contribution in [0.4, 0.5) is 0 Å². The summed E-state index contributed by atoms with van der Waals surface area (Å²) in [4.78, 5) is 4.01. The maximum Gasteiger partial charge on any atom is 0.0948 e. The highest BCUT2D eigenvalue weighted by atomic mass is 15.1. The predicted octanol–water partition coefficient (Wildman–Crippen LogP) is 0.829. The van der Waals surface area contributed by atoms with E-state index in [1.54, 1.807) is 0 Å². The van der Waals surface area contributed by atoms with E-state index in [4.69, 9.17) is 0 Å². The SMILES string of the molecule is c1ncn2c1CCC2. The van der Waals surface area contributed by atoms with Crippen LogP contribution in [0.5, 0.6) is 0 Å². The lowest BCUT2D eigenvalue weighted by Crippen LogP contribution is -1.86. The van der Waals surface area contributed by atoms with Crippen molar-refractivity contribution in [1.29, 1.82) is 0 Å². The van der Waals surface area contributed by atoms with Gasteiger partial charge in [-0.3, -0.25) is 0 Å². The summed E-state index contributed by atoms with van der Waals surface area (Å²) in [5.41, 5.74) is 1.39. The van der Waals surface area contributed by atoms with Crippen molar-refractivity contribution in [3.05, 3.63) is 18.2 Å². The van der Waals surface area contributed by atoms with Crippen LogP contribution in [0.15, 0.2) is 12.5 Å². The first-order valence-corrected chi connectivity index (χ1v) is 2.96. The Morgan fingerprint density at radius 1 is 1.62 bits per heavy atom. The summed E-state index contributed by atoms with van der Waals surface area (Å²) in [6, 6.07) is 0. The molecule has 42 valence electrons. The van der Waals surface area contributed by atoms with E-state index in [1.165, 1.54) is 25.1 Å². The Bertz CT molecular complexity index is 172. The van der Waals surface area contributed by atoms with E-state index >= 15 is 0 Å². The summed E-state index contributed by atoms with van der Waals surface area (Å²) in [5.74, 6) is 0. The molecular weight excluding hydrogens is 100 g/mol. The zero-order chi connectivity index (χ0) is 5.40. The lowest BCUT2D eigenvalue weighted by atomic mass is 10.3. The van der Waals surface area contributed by atoms with Gasteiger partial charge in [-0.15, -0.1) is 0 Å². The molecule has 1 aromatic heterocycles. The van der Waals surface area contributed by atoms with E-state index in [-0.39, 0.29) is 0 Å². The molecule has 1 aliphatic heterocycles. The van der Waals surface area contributed by atoms with E-state index in [9.17, 15) is 0 Å². The number of nitrogens with zero attached hydrogens (tertiary/aromatic N) is 2. The van der Waals surface area contributed by atoms with E-state index in [0.29, 0.717) is 0 Å². The third-order valence-electron chi connectivity index (χ3n) is 1.63. The minimum atomic E-state index is 1.18. The number of hydrogen-bond acceptors (Lipinski definition) is 1. The van der Waals surface area contributed by atoms with Gasteiger partial charge in [0, 0.05) is 18.4 Å². The summed E-state index contributed by atoms with van der Waals surface area (Å²) >= 11 is 0. The van der Waals surface area contributed by atoms with Crippen molar-refractivity contribution in [2.75, 3.05) is 0 Å². The zero-order valence-corrected chi connectivity index (χ0v) is 4.67. The fourth-order valence-electron chi connectivity index (χ4n) is 1.19. The standard InChI is InChI=1S/C6H8N2/c1-2-6-4-7-5-8(6)3-1/h4-5H,1-3H2. The van der Waals surface area contributed by atoms with Crippen molar-refractivity contribution < 1.29 is 0 Å². The molecule has 0 radical (unpaired) electrons. The first-order valence-electron chi connectivity index (χ1n) is 2.96. The molecule has 0 fully saturated rings. The van der Waals surface area contributed by atoms with Crippen LogP contribution < -0.4 is 0 Å². The molecular formula is C6H8N2. The second kappa shape index (κ2) is 1.34. The first kappa shape index (κ1) is 4.13. The molecule has 2 rings (SSSR count). The number of rotatable bonds is 0. The first-order chi connectivity index (χ1) is 3.97. The van der Waals surface area contributed by atoms with Gasteiger partial charge in [-0.25, -0.2) is 4.98 Å².